The molecule has 1 saturated heterocycles. The van der Waals surface area contributed by atoms with E-state index in [9.17, 15) is 5.53 Å². The van der Waals surface area contributed by atoms with Crippen molar-refractivity contribution < 1.29 is 23.4 Å². The Morgan fingerprint density at radius 2 is 1.45 bits per heavy atom. The van der Waals surface area contributed by atoms with Gasteiger partial charge in [0.2, 0.25) is 0 Å². The van der Waals surface area contributed by atoms with E-state index in [2.05, 4.69) is 43.9 Å². The molecule has 0 aliphatic carbocycles. The van der Waals surface area contributed by atoms with Crippen LogP contribution in [-0.4, -0.2) is 52.2 Å². The van der Waals surface area contributed by atoms with Crippen LogP contribution in [0.5, 0.6) is 0 Å². The van der Waals surface area contributed by atoms with Gasteiger partial charge in [-0.25, -0.2) is 0 Å². The van der Waals surface area contributed by atoms with Crippen LogP contribution >= 0.6 is 0 Å². The van der Waals surface area contributed by atoms with E-state index in [0.717, 1.165) is 17.5 Å². The molecular formula is C29H43N3O5Si. The first-order chi connectivity index (χ1) is 18.2. The van der Waals surface area contributed by atoms with Crippen LogP contribution in [0.4, 0.5) is 0 Å². The molecule has 1 fully saturated rings. The van der Waals surface area contributed by atoms with E-state index in [1.165, 1.54) is 0 Å². The van der Waals surface area contributed by atoms with E-state index in [4.69, 9.17) is 23.4 Å². The first kappa shape index (κ1) is 30.3. The molecular weight excluding hydrogens is 498 g/mol. The third kappa shape index (κ3) is 8.38. The standard InChI is InChI=1S/C29H43N3O5Si/c1-7-18-33-28-25(31-32-30)27(35-20-23-16-12-9-13-17-23)26(34-19-22-14-10-8-11-15-22)24(37-28)21-36-38(5,6)29(2,3)4/h8-17,24-28H,7,18-21H2,1-6H3/t24?,25?,26-,27-,28-/m0/s1. The average molecular weight is 542 g/mol. The molecule has 0 bridgehead atoms. The highest BCUT2D eigenvalue weighted by Crippen LogP contribution is 2.38. The van der Waals surface area contributed by atoms with Gasteiger partial charge in [-0.1, -0.05) is 93.5 Å². The van der Waals surface area contributed by atoms with E-state index < -0.39 is 39.0 Å². The highest BCUT2D eigenvalue weighted by Gasteiger charge is 2.49. The van der Waals surface area contributed by atoms with Crippen molar-refractivity contribution >= 4 is 8.32 Å². The summed E-state index contributed by atoms with van der Waals surface area (Å²) in [7, 11) is -2.08. The number of ether oxygens (including phenoxy) is 4. The molecule has 2 aromatic rings. The van der Waals surface area contributed by atoms with Crippen molar-refractivity contribution in [3.8, 4) is 0 Å². The Balaban J connectivity index is 1.93. The highest BCUT2D eigenvalue weighted by molar-refractivity contribution is 6.74. The number of nitrogens with zero attached hydrogens (tertiary/aromatic N) is 3. The largest absolute Gasteiger partial charge is 0.414 e. The molecule has 9 heteroatoms. The van der Waals surface area contributed by atoms with Crippen molar-refractivity contribution in [2.75, 3.05) is 13.2 Å². The van der Waals surface area contributed by atoms with Crippen molar-refractivity contribution in [2.45, 2.75) is 96.1 Å². The Hall–Kier alpha value is -2.23. The Kier molecular flexibility index (Phi) is 11.4. The van der Waals surface area contributed by atoms with Gasteiger partial charge in [-0.05, 0) is 41.2 Å². The van der Waals surface area contributed by atoms with Gasteiger partial charge in [-0.15, -0.1) is 0 Å². The summed E-state index contributed by atoms with van der Waals surface area (Å²) in [4.78, 5) is 3.12. The smallest absolute Gasteiger partial charge is 0.192 e. The lowest BCUT2D eigenvalue weighted by Gasteiger charge is -2.46. The van der Waals surface area contributed by atoms with Gasteiger partial charge in [-0.3, -0.25) is 0 Å². The van der Waals surface area contributed by atoms with E-state index in [1.54, 1.807) is 0 Å². The monoisotopic (exact) mass is 541 g/mol. The van der Waals surface area contributed by atoms with E-state index >= 15 is 0 Å². The molecule has 3 rings (SSSR count). The van der Waals surface area contributed by atoms with Crippen LogP contribution in [0.15, 0.2) is 65.8 Å². The summed E-state index contributed by atoms with van der Waals surface area (Å²) in [5.74, 6) is 0. The van der Waals surface area contributed by atoms with E-state index in [-0.39, 0.29) is 5.04 Å². The lowest BCUT2D eigenvalue weighted by Crippen LogP contribution is -2.61. The zero-order valence-corrected chi connectivity index (χ0v) is 24.6. The maximum Gasteiger partial charge on any atom is 0.192 e. The third-order valence-electron chi connectivity index (χ3n) is 7.27. The van der Waals surface area contributed by atoms with Crippen LogP contribution in [0.3, 0.4) is 0 Å². The molecule has 5 atom stereocenters. The van der Waals surface area contributed by atoms with Crippen molar-refractivity contribution in [3.63, 3.8) is 0 Å². The fraction of sp³-hybridized carbons (Fsp3) is 0.586. The lowest BCUT2D eigenvalue weighted by atomic mass is 9.96. The zero-order valence-electron chi connectivity index (χ0n) is 23.6. The van der Waals surface area contributed by atoms with Crippen LogP contribution in [0.25, 0.3) is 10.4 Å². The molecule has 0 spiro atoms. The molecule has 1 heterocycles. The van der Waals surface area contributed by atoms with Gasteiger partial charge in [0.05, 0.1) is 19.8 Å². The van der Waals surface area contributed by atoms with Crippen molar-refractivity contribution in [1.82, 2.24) is 0 Å². The molecule has 1 aliphatic heterocycles. The summed E-state index contributed by atoms with van der Waals surface area (Å²) in [6.45, 7) is 14.6. The number of azide groups is 1. The van der Waals surface area contributed by atoms with Gasteiger partial charge >= 0.3 is 0 Å². The molecule has 208 valence electrons. The summed E-state index contributed by atoms with van der Waals surface area (Å²) >= 11 is 0. The van der Waals surface area contributed by atoms with Gasteiger partial charge in [0.25, 0.3) is 0 Å². The molecule has 0 saturated carbocycles. The maximum absolute atomic E-state index is 9.46. The minimum Gasteiger partial charge on any atom is -0.414 e. The van der Waals surface area contributed by atoms with Crippen LogP contribution in [0.2, 0.25) is 18.1 Å². The second-order valence-electron chi connectivity index (χ2n) is 11.2. The number of benzene rings is 2. The second kappa shape index (κ2) is 14.2. The van der Waals surface area contributed by atoms with Crippen LogP contribution < -0.4 is 0 Å². The van der Waals surface area contributed by atoms with Crippen molar-refractivity contribution in [2.24, 2.45) is 5.11 Å². The zero-order chi connectivity index (χ0) is 27.6. The predicted octanol–water partition coefficient (Wildman–Crippen LogP) is 7.01. The van der Waals surface area contributed by atoms with Gasteiger partial charge < -0.3 is 23.4 Å². The highest BCUT2D eigenvalue weighted by atomic mass is 28.4. The fourth-order valence-corrected chi connectivity index (χ4v) is 5.03. The minimum absolute atomic E-state index is 0.0387. The number of hydrogen-bond donors (Lipinski definition) is 0. The van der Waals surface area contributed by atoms with Crippen molar-refractivity contribution in [1.29, 1.82) is 0 Å². The average Bonchev–Trinajstić information content (AvgIpc) is 2.90. The van der Waals surface area contributed by atoms with Gasteiger partial charge in [0.1, 0.15) is 24.4 Å². The third-order valence-corrected chi connectivity index (χ3v) is 11.8. The molecule has 0 radical (unpaired) electrons. The predicted molar refractivity (Wildman–Crippen MR) is 151 cm³/mol. The van der Waals surface area contributed by atoms with E-state index in [1.807, 2.05) is 67.6 Å². The van der Waals surface area contributed by atoms with Gasteiger partial charge in [-0.2, -0.15) is 0 Å². The second-order valence-corrected chi connectivity index (χ2v) is 16.0. The van der Waals surface area contributed by atoms with Gasteiger partial charge in [0.15, 0.2) is 14.6 Å². The first-order valence-corrected chi connectivity index (χ1v) is 16.3. The lowest BCUT2D eigenvalue weighted by molar-refractivity contribution is -0.282. The Labute approximate surface area is 228 Å². The molecule has 2 aromatic carbocycles. The minimum atomic E-state index is -2.08. The first-order valence-electron chi connectivity index (χ1n) is 13.4. The summed E-state index contributed by atoms with van der Waals surface area (Å²) in [5, 5.41) is 4.13. The molecule has 2 unspecified atom stereocenters. The SMILES string of the molecule is CCCO[C@H]1OC(CO[Si](C)(C)C(C)(C)C)[C@H](OCc2ccccc2)[C@@H](OCc2ccccc2)C1N=[N+]=[N-]. The quantitative estimate of drug-likeness (QED) is 0.118. The summed E-state index contributed by atoms with van der Waals surface area (Å²) in [6, 6.07) is 19.2. The van der Waals surface area contributed by atoms with Crippen LogP contribution in [-0.2, 0) is 36.6 Å². The summed E-state index contributed by atoms with van der Waals surface area (Å²) in [5.41, 5.74) is 11.5. The van der Waals surface area contributed by atoms with Gasteiger partial charge in [0, 0.05) is 11.5 Å². The molecule has 0 N–H and O–H groups in total. The fourth-order valence-electron chi connectivity index (χ4n) is 4.01. The Morgan fingerprint density at radius 3 is 1.95 bits per heavy atom. The van der Waals surface area contributed by atoms with Crippen LogP contribution in [0, 0.1) is 0 Å². The molecule has 38 heavy (non-hydrogen) atoms. The maximum atomic E-state index is 9.46. The molecule has 8 nitrogen and oxygen atoms in total. The molecule has 0 amide bonds. The normalized spacial score (nSPS) is 24.1. The molecule has 1 aliphatic rings. The Morgan fingerprint density at radius 1 is 0.895 bits per heavy atom. The summed E-state index contributed by atoms with van der Waals surface area (Å²) < 4.78 is 32.1. The summed E-state index contributed by atoms with van der Waals surface area (Å²) in [6.07, 6.45) is -1.58. The van der Waals surface area contributed by atoms with Crippen LogP contribution in [0.1, 0.15) is 45.2 Å². The molecule has 0 aromatic heterocycles. The Bertz CT molecular complexity index is 1010. The topological polar surface area (TPSA) is 94.9 Å². The van der Waals surface area contributed by atoms with Crippen molar-refractivity contribution in [3.05, 3.63) is 82.2 Å². The van der Waals surface area contributed by atoms with E-state index in [0.29, 0.717) is 26.4 Å². The number of hydrogen-bond acceptors (Lipinski definition) is 6. The number of rotatable bonds is 13.